The second-order valence-electron chi connectivity index (χ2n) is 3.94. The molecule has 1 aromatic rings. The number of hydrogen-bond acceptors (Lipinski definition) is 3. The van der Waals surface area contributed by atoms with Crippen molar-refractivity contribution in [1.82, 2.24) is 4.90 Å². The number of carboxylic acid groups (broad SMARTS) is 1. The Balaban J connectivity index is 2.21. The lowest BCUT2D eigenvalue weighted by molar-refractivity contribution is -0.145. The summed E-state index contributed by atoms with van der Waals surface area (Å²) in [7, 11) is 0. The van der Waals surface area contributed by atoms with E-state index < -0.39 is 12.0 Å². The third-order valence-corrected chi connectivity index (χ3v) is 3.36. The van der Waals surface area contributed by atoms with Gasteiger partial charge in [-0.2, -0.15) is 0 Å². The maximum absolute atomic E-state index is 11.4. The average molecular weight is 300 g/mol. The Hall–Kier alpha value is -0.910. The molecule has 0 radical (unpaired) electrons. The van der Waals surface area contributed by atoms with Crippen LogP contribution in [0.4, 0.5) is 0 Å². The van der Waals surface area contributed by atoms with Crippen LogP contribution in [0.25, 0.3) is 0 Å². The Bertz CT molecular complexity index is 387. The zero-order valence-electron chi connectivity index (χ0n) is 9.30. The van der Waals surface area contributed by atoms with Gasteiger partial charge in [-0.1, -0.05) is 28.1 Å². The number of hydrogen-bond donors (Lipinski definition) is 1. The van der Waals surface area contributed by atoms with Gasteiger partial charge in [-0.15, -0.1) is 0 Å². The minimum Gasteiger partial charge on any atom is -0.480 e. The summed E-state index contributed by atoms with van der Waals surface area (Å²) in [5, 5.41) is 9.35. The molecular formula is C12H14BrNO3. The summed E-state index contributed by atoms with van der Waals surface area (Å²) < 4.78 is 6.19. The van der Waals surface area contributed by atoms with E-state index in [9.17, 15) is 9.90 Å². The lowest BCUT2D eigenvalue weighted by atomic mass is 10.1. The predicted molar refractivity (Wildman–Crippen MR) is 66.9 cm³/mol. The number of carbonyl (C=O) groups is 1. The van der Waals surface area contributed by atoms with Gasteiger partial charge in [-0.25, -0.2) is 0 Å². The lowest BCUT2D eigenvalue weighted by Gasteiger charge is -2.32. The Morgan fingerprint density at radius 2 is 1.88 bits per heavy atom. The van der Waals surface area contributed by atoms with Crippen molar-refractivity contribution in [1.29, 1.82) is 0 Å². The summed E-state index contributed by atoms with van der Waals surface area (Å²) in [6, 6.07) is 6.85. The van der Waals surface area contributed by atoms with Crippen molar-refractivity contribution in [3.8, 4) is 0 Å². The highest BCUT2D eigenvalue weighted by Gasteiger charge is 2.28. The van der Waals surface area contributed by atoms with Crippen LogP contribution in [-0.4, -0.2) is 42.3 Å². The van der Waals surface area contributed by atoms with Crippen molar-refractivity contribution < 1.29 is 14.6 Å². The third-order valence-electron chi connectivity index (χ3n) is 2.83. The van der Waals surface area contributed by atoms with E-state index >= 15 is 0 Å². The van der Waals surface area contributed by atoms with Crippen molar-refractivity contribution in [2.75, 3.05) is 26.3 Å². The summed E-state index contributed by atoms with van der Waals surface area (Å²) >= 11 is 3.35. The van der Waals surface area contributed by atoms with Crippen molar-refractivity contribution in [3.63, 3.8) is 0 Å². The highest BCUT2D eigenvalue weighted by Crippen LogP contribution is 2.23. The van der Waals surface area contributed by atoms with Gasteiger partial charge in [0.15, 0.2) is 0 Å². The first-order valence-corrected chi connectivity index (χ1v) is 6.28. The van der Waals surface area contributed by atoms with Gasteiger partial charge in [0.25, 0.3) is 0 Å². The zero-order valence-corrected chi connectivity index (χ0v) is 10.9. The van der Waals surface area contributed by atoms with E-state index in [2.05, 4.69) is 15.9 Å². The van der Waals surface area contributed by atoms with Gasteiger partial charge in [-0.05, 0) is 17.7 Å². The molecule has 0 saturated carbocycles. The normalized spacial score (nSPS) is 18.9. The van der Waals surface area contributed by atoms with E-state index in [4.69, 9.17) is 4.74 Å². The molecule has 0 bridgehead atoms. The predicted octanol–water partition coefficient (Wildman–Crippen LogP) is 1.91. The Kier molecular flexibility index (Phi) is 4.15. The molecule has 1 atom stereocenters. The third kappa shape index (κ3) is 3.06. The van der Waals surface area contributed by atoms with E-state index in [1.54, 1.807) is 0 Å². The molecule has 0 amide bonds. The molecule has 1 fully saturated rings. The van der Waals surface area contributed by atoms with Crippen LogP contribution < -0.4 is 0 Å². The van der Waals surface area contributed by atoms with Gasteiger partial charge in [0.05, 0.1) is 13.2 Å². The number of benzene rings is 1. The standard InChI is InChI=1S/C12H14BrNO3/c13-10-3-1-9(2-4-10)11(12(15)16)14-5-7-17-8-6-14/h1-4,11H,5-8H2,(H,15,16)/t11-/m0/s1. The second-order valence-corrected chi connectivity index (χ2v) is 4.86. The minimum absolute atomic E-state index is 0.577. The monoisotopic (exact) mass is 299 g/mol. The average Bonchev–Trinajstić information content (AvgIpc) is 2.33. The van der Waals surface area contributed by atoms with Crippen LogP contribution in [0.5, 0.6) is 0 Å². The summed E-state index contributed by atoms with van der Waals surface area (Å²) in [5.74, 6) is -0.811. The number of ether oxygens (including phenoxy) is 1. The van der Waals surface area contributed by atoms with Crippen LogP contribution in [-0.2, 0) is 9.53 Å². The van der Waals surface area contributed by atoms with Gasteiger partial charge >= 0.3 is 5.97 Å². The molecular weight excluding hydrogens is 286 g/mol. The molecule has 0 spiro atoms. The smallest absolute Gasteiger partial charge is 0.325 e. The molecule has 17 heavy (non-hydrogen) atoms. The van der Waals surface area contributed by atoms with E-state index in [-0.39, 0.29) is 0 Å². The molecule has 1 heterocycles. The maximum atomic E-state index is 11.4. The molecule has 0 aliphatic carbocycles. The zero-order chi connectivity index (χ0) is 12.3. The first-order valence-electron chi connectivity index (χ1n) is 5.48. The van der Waals surface area contributed by atoms with Gasteiger partial charge in [-0.3, -0.25) is 9.69 Å². The Morgan fingerprint density at radius 3 is 2.41 bits per heavy atom. The number of nitrogens with zero attached hydrogens (tertiary/aromatic N) is 1. The minimum atomic E-state index is -0.811. The summed E-state index contributed by atoms with van der Waals surface area (Å²) in [6.45, 7) is 2.51. The SMILES string of the molecule is O=C(O)[C@H](c1ccc(Br)cc1)N1CCOCC1. The number of rotatable bonds is 3. The molecule has 2 rings (SSSR count). The van der Waals surface area contributed by atoms with Crippen LogP contribution in [0.2, 0.25) is 0 Å². The molecule has 92 valence electrons. The maximum Gasteiger partial charge on any atom is 0.325 e. The van der Waals surface area contributed by atoms with Crippen molar-refractivity contribution in [2.45, 2.75) is 6.04 Å². The fourth-order valence-electron chi connectivity index (χ4n) is 1.99. The molecule has 0 aromatic heterocycles. The van der Waals surface area contributed by atoms with Crippen molar-refractivity contribution in [3.05, 3.63) is 34.3 Å². The molecule has 1 saturated heterocycles. The van der Waals surface area contributed by atoms with E-state index in [0.29, 0.717) is 26.3 Å². The van der Waals surface area contributed by atoms with Gasteiger partial charge < -0.3 is 9.84 Å². The van der Waals surface area contributed by atoms with Crippen LogP contribution in [0, 0.1) is 0 Å². The number of halogens is 1. The fraction of sp³-hybridized carbons (Fsp3) is 0.417. The van der Waals surface area contributed by atoms with E-state index in [1.165, 1.54) is 0 Å². The molecule has 0 unspecified atom stereocenters. The first-order chi connectivity index (χ1) is 8.18. The molecule has 5 heteroatoms. The van der Waals surface area contributed by atoms with Crippen molar-refractivity contribution >= 4 is 21.9 Å². The van der Waals surface area contributed by atoms with E-state index in [0.717, 1.165) is 10.0 Å². The Labute approximate surface area is 108 Å². The van der Waals surface area contributed by atoms with Crippen LogP contribution >= 0.6 is 15.9 Å². The fourth-order valence-corrected chi connectivity index (χ4v) is 2.25. The highest BCUT2D eigenvalue weighted by atomic mass is 79.9. The number of aliphatic carboxylic acids is 1. The quantitative estimate of drug-likeness (QED) is 0.926. The second kappa shape index (κ2) is 5.62. The molecule has 1 N–H and O–H groups in total. The highest BCUT2D eigenvalue weighted by molar-refractivity contribution is 9.10. The van der Waals surface area contributed by atoms with E-state index in [1.807, 2.05) is 29.2 Å². The van der Waals surface area contributed by atoms with Gasteiger partial charge in [0.2, 0.25) is 0 Å². The molecule has 1 aliphatic rings. The van der Waals surface area contributed by atoms with Gasteiger partial charge in [0.1, 0.15) is 6.04 Å². The lowest BCUT2D eigenvalue weighted by Crippen LogP contribution is -2.42. The summed E-state index contributed by atoms with van der Waals surface area (Å²) in [4.78, 5) is 13.3. The molecule has 1 aromatic carbocycles. The van der Waals surface area contributed by atoms with Crippen molar-refractivity contribution in [2.24, 2.45) is 0 Å². The van der Waals surface area contributed by atoms with Gasteiger partial charge in [0, 0.05) is 17.6 Å². The van der Waals surface area contributed by atoms with Crippen LogP contribution in [0.15, 0.2) is 28.7 Å². The van der Waals surface area contributed by atoms with Crippen LogP contribution in [0.1, 0.15) is 11.6 Å². The summed E-state index contributed by atoms with van der Waals surface area (Å²) in [5.41, 5.74) is 0.808. The molecule has 1 aliphatic heterocycles. The largest absolute Gasteiger partial charge is 0.480 e. The van der Waals surface area contributed by atoms with Crippen LogP contribution in [0.3, 0.4) is 0 Å². The molecule has 4 nitrogen and oxygen atoms in total. The number of morpholine rings is 1. The topological polar surface area (TPSA) is 49.8 Å². The summed E-state index contributed by atoms with van der Waals surface area (Å²) in [6.07, 6.45) is 0. The first kappa shape index (κ1) is 12.5. The Morgan fingerprint density at radius 1 is 1.29 bits per heavy atom. The number of carboxylic acids is 1.